The van der Waals surface area contributed by atoms with Crippen molar-refractivity contribution in [2.45, 2.75) is 19.4 Å². The molecule has 0 radical (unpaired) electrons. The fourth-order valence-electron chi connectivity index (χ4n) is 1.43. The maximum Gasteiger partial charge on any atom is 0.248 e. The molecule has 1 rings (SSSR count). The van der Waals surface area contributed by atoms with Gasteiger partial charge in [-0.05, 0) is 13.3 Å². The number of rotatable bonds is 3. The topological polar surface area (TPSA) is 49.8 Å². The van der Waals surface area contributed by atoms with Crippen molar-refractivity contribution < 1.29 is 14.6 Å². The maximum absolute atomic E-state index is 11.0. The first-order valence-corrected chi connectivity index (χ1v) is 4.28. The molecule has 1 aliphatic heterocycles. The number of hydrogen-bond acceptors (Lipinski definition) is 3. The lowest BCUT2D eigenvalue weighted by atomic mass is 10.3. The van der Waals surface area contributed by atoms with Crippen molar-refractivity contribution in [2.75, 3.05) is 26.3 Å². The molecule has 0 bridgehead atoms. The fraction of sp³-hybridized carbons (Fsp3) is 0.875. The minimum Gasteiger partial charge on any atom is -0.387 e. The summed E-state index contributed by atoms with van der Waals surface area (Å²) in [7, 11) is 0. The lowest BCUT2D eigenvalue weighted by Gasteiger charge is -2.14. The average molecular weight is 173 g/mol. The predicted molar refractivity (Wildman–Crippen MR) is 43.7 cm³/mol. The summed E-state index contributed by atoms with van der Waals surface area (Å²) in [6, 6.07) is 0. The molecule has 1 fully saturated rings. The van der Waals surface area contributed by atoms with Gasteiger partial charge in [0.2, 0.25) is 5.91 Å². The van der Waals surface area contributed by atoms with Gasteiger partial charge < -0.3 is 14.7 Å². The predicted octanol–water partition coefficient (Wildman–Crippen LogP) is -0.384. The van der Waals surface area contributed by atoms with Crippen LogP contribution < -0.4 is 0 Å². The van der Waals surface area contributed by atoms with Gasteiger partial charge in [0.15, 0.2) is 0 Å². The number of nitrogens with zero attached hydrogens (tertiary/aromatic N) is 1. The van der Waals surface area contributed by atoms with Crippen LogP contribution in [0.4, 0.5) is 0 Å². The summed E-state index contributed by atoms with van der Waals surface area (Å²) in [5.41, 5.74) is 0. The highest BCUT2D eigenvalue weighted by atomic mass is 16.5. The molecule has 70 valence electrons. The maximum atomic E-state index is 11.0. The average Bonchev–Trinajstić information content (AvgIpc) is 2.52. The van der Waals surface area contributed by atoms with Gasteiger partial charge in [-0.1, -0.05) is 0 Å². The van der Waals surface area contributed by atoms with Gasteiger partial charge in [0.05, 0.1) is 6.10 Å². The van der Waals surface area contributed by atoms with Crippen LogP contribution in [0.3, 0.4) is 0 Å². The van der Waals surface area contributed by atoms with Crippen molar-refractivity contribution in [1.82, 2.24) is 4.90 Å². The Morgan fingerprint density at radius 1 is 1.75 bits per heavy atom. The monoisotopic (exact) mass is 173 g/mol. The Kier molecular flexibility index (Phi) is 3.49. The smallest absolute Gasteiger partial charge is 0.248 e. The van der Waals surface area contributed by atoms with Crippen molar-refractivity contribution in [3.05, 3.63) is 0 Å². The summed E-state index contributed by atoms with van der Waals surface area (Å²) < 4.78 is 5.35. The van der Waals surface area contributed by atoms with E-state index < -0.39 is 6.61 Å². The van der Waals surface area contributed by atoms with Crippen LogP contribution >= 0.6 is 0 Å². The van der Waals surface area contributed by atoms with Crippen molar-refractivity contribution in [3.8, 4) is 0 Å². The molecule has 12 heavy (non-hydrogen) atoms. The van der Waals surface area contributed by atoms with Crippen molar-refractivity contribution in [2.24, 2.45) is 0 Å². The molecule has 1 aliphatic rings. The van der Waals surface area contributed by atoms with E-state index in [9.17, 15) is 4.79 Å². The van der Waals surface area contributed by atoms with E-state index in [1.165, 1.54) is 0 Å². The lowest BCUT2D eigenvalue weighted by molar-refractivity contribution is -0.133. The van der Waals surface area contributed by atoms with Gasteiger partial charge in [0.25, 0.3) is 0 Å². The van der Waals surface area contributed by atoms with Crippen LogP contribution in [0.1, 0.15) is 13.3 Å². The highest BCUT2D eigenvalue weighted by Gasteiger charge is 2.25. The van der Waals surface area contributed by atoms with Gasteiger partial charge in [0.1, 0.15) is 6.61 Å². The first kappa shape index (κ1) is 9.48. The number of aliphatic hydroxyl groups excluding tert-OH is 1. The Labute approximate surface area is 72.1 Å². The SMILES string of the molecule is CCO[C@H]1CCN(C(=O)CO)C1. The quantitative estimate of drug-likeness (QED) is 0.632. The van der Waals surface area contributed by atoms with Crippen molar-refractivity contribution in [3.63, 3.8) is 0 Å². The molecule has 0 aliphatic carbocycles. The molecule has 1 amide bonds. The summed E-state index contributed by atoms with van der Waals surface area (Å²) in [4.78, 5) is 12.6. The van der Waals surface area contributed by atoms with Crippen LogP contribution in [0.15, 0.2) is 0 Å². The van der Waals surface area contributed by atoms with Gasteiger partial charge in [-0.3, -0.25) is 4.79 Å². The number of ether oxygens (including phenoxy) is 1. The van der Waals surface area contributed by atoms with Gasteiger partial charge in [-0.15, -0.1) is 0 Å². The summed E-state index contributed by atoms with van der Waals surface area (Å²) in [5.74, 6) is -0.197. The molecule has 0 spiro atoms. The van der Waals surface area contributed by atoms with E-state index in [0.717, 1.165) is 6.42 Å². The van der Waals surface area contributed by atoms with E-state index in [-0.39, 0.29) is 12.0 Å². The molecule has 4 heteroatoms. The zero-order valence-electron chi connectivity index (χ0n) is 7.32. The second-order valence-electron chi connectivity index (χ2n) is 2.86. The first-order valence-electron chi connectivity index (χ1n) is 4.28. The minimum absolute atomic E-state index is 0.172. The van der Waals surface area contributed by atoms with Crippen molar-refractivity contribution in [1.29, 1.82) is 0 Å². The van der Waals surface area contributed by atoms with Gasteiger partial charge in [0, 0.05) is 19.7 Å². The van der Waals surface area contributed by atoms with Crippen molar-refractivity contribution >= 4 is 5.91 Å². The van der Waals surface area contributed by atoms with E-state index in [1.807, 2.05) is 6.92 Å². The second kappa shape index (κ2) is 4.42. The third-order valence-corrected chi connectivity index (χ3v) is 2.04. The normalized spacial score (nSPS) is 23.2. The van der Waals surface area contributed by atoms with Crippen LogP contribution in [0.5, 0.6) is 0 Å². The minimum atomic E-state index is -0.390. The molecule has 0 unspecified atom stereocenters. The number of likely N-dealkylation sites (tertiary alicyclic amines) is 1. The summed E-state index contributed by atoms with van der Waals surface area (Å²) in [5, 5.41) is 8.58. The fourth-order valence-corrected chi connectivity index (χ4v) is 1.43. The molecule has 0 aromatic heterocycles. The molecule has 1 saturated heterocycles. The van der Waals surface area contributed by atoms with Crippen LogP contribution in [-0.2, 0) is 9.53 Å². The highest BCUT2D eigenvalue weighted by Crippen LogP contribution is 2.12. The molecule has 1 heterocycles. The van der Waals surface area contributed by atoms with E-state index >= 15 is 0 Å². The van der Waals surface area contributed by atoms with Gasteiger partial charge in [-0.25, -0.2) is 0 Å². The molecule has 4 nitrogen and oxygen atoms in total. The lowest BCUT2D eigenvalue weighted by Crippen LogP contribution is -2.32. The second-order valence-corrected chi connectivity index (χ2v) is 2.86. The Balaban J connectivity index is 2.30. The standard InChI is InChI=1S/C8H15NO3/c1-2-12-7-3-4-9(5-7)8(11)6-10/h7,10H,2-6H2,1H3/t7-/m0/s1. The Bertz CT molecular complexity index is 160. The van der Waals surface area contributed by atoms with E-state index in [0.29, 0.717) is 19.7 Å². The van der Waals surface area contributed by atoms with Crippen LogP contribution in [-0.4, -0.2) is 48.3 Å². The zero-order valence-corrected chi connectivity index (χ0v) is 7.32. The van der Waals surface area contributed by atoms with E-state index in [1.54, 1.807) is 4.90 Å². The third kappa shape index (κ3) is 2.19. The number of hydrogen-bond donors (Lipinski definition) is 1. The molecule has 0 aromatic carbocycles. The summed E-state index contributed by atoms with van der Waals surface area (Å²) in [6.45, 7) is 3.58. The van der Waals surface area contributed by atoms with Crippen LogP contribution in [0.2, 0.25) is 0 Å². The van der Waals surface area contributed by atoms with E-state index in [4.69, 9.17) is 9.84 Å². The molecule has 1 atom stereocenters. The highest BCUT2D eigenvalue weighted by molar-refractivity contribution is 5.77. The molecule has 1 N–H and O–H groups in total. The van der Waals surface area contributed by atoms with Crippen LogP contribution in [0.25, 0.3) is 0 Å². The van der Waals surface area contributed by atoms with Gasteiger partial charge in [-0.2, -0.15) is 0 Å². The molecule has 0 aromatic rings. The number of aliphatic hydroxyl groups is 1. The first-order chi connectivity index (χ1) is 5.77. The molecule has 0 saturated carbocycles. The molecular weight excluding hydrogens is 158 g/mol. The number of carbonyl (C=O) groups excluding carboxylic acids is 1. The summed E-state index contributed by atoms with van der Waals surface area (Å²) in [6.07, 6.45) is 1.06. The Morgan fingerprint density at radius 3 is 3.08 bits per heavy atom. The Morgan fingerprint density at radius 2 is 2.50 bits per heavy atom. The van der Waals surface area contributed by atoms with Gasteiger partial charge >= 0.3 is 0 Å². The Hall–Kier alpha value is -0.610. The number of carbonyl (C=O) groups is 1. The largest absolute Gasteiger partial charge is 0.387 e. The van der Waals surface area contributed by atoms with Crippen LogP contribution in [0, 0.1) is 0 Å². The third-order valence-electron chi connectivity index (χ3n) is 2.04. The molecular formula is C8H15NO3. The van der Waals surface area contributed by atoms with E-state index in [2.05, 4.69) is 0 Å². The number of amides is 1. The zero-order chi connectivity index (χ0) is 8.97. The summed E-state index contributed by atoms with van der Waals surface area (Å²) >= 11 is 0.